The van der Waals surface area contributed by atoms with Gasteiger partial charge in [0.1, 0.15) is 0 Å². The fourth-order valence-corrected chi connectivity index (χ4v) is 1.62. The van der Waals surface area contributed by atoms with Crippen LogP contribution >= 0.6 is 0 Å². The van der Waals surface area contributed by atoms with Gasteiger partial charge in [-0.15, -0.1) is 0 Å². The van der Waals surface area contributed by atoms with Crippen LogP contribution < -0.4 is 10.6 Å². The Balaban J connectivity index is 3.11. The van der Waals surface area contributed by atoms with Gasteiger partial charge in [-0.3, -0.25) is 0 Å². The molecule has 0 unspecified atom stereocenters. The molecular weight excluding hydrogens is 234 g/mol. The Morgan fingerprint density at radius 1 is 1.44 bits per heavy atom. The van der Waals surface area contributed by atoms with Crippen molar-refractivity contribution in [2.45, 2.75) is 26.3 Å². The van der Waals surface area contributed by atoms with Crippen LogP contribution in [0.5, 0.6) is 0 Å². The molecule has 0 radical (unpaired) electrons. The molecule has 7 nitrogen and oxygen atoms in total. The molecule has 0 aliphatic rings. The van der Waals surface area contributed by atoms with Crippen molar-refractivity contribution in [3.8, 4) is 0 Å². The van der Waals surface area contributed by atoms with Crippen molar-refractivity contribution in [1.29, 1.82) is 0 Å². The van der Waals surface area contributed by atoms with Crippen LogP contribution in [-0.4, -0.2) is 45.3 Å². The average Bonchev–Trinajstić information content (AvgIpc) is 2.38. The van der Waals surface area contributed by atoms with E-state index < -0.39 is 0 Å². The fraction of sp³-hybridized carbons (Fsp3) is 0.545. The van der Waals surface area contributed by atoms with Crippen LogP contribution in [0.15, 0.2) is 17.5 Å². The van der Waals surface area contributed by atoms with Crippen LogP contribution in [0.1, 0.15) is 26.0 Å². The fourth-order valence-electron chi connectivity index (χ4n) is 1.62. The first-order chi connectivity index (χ1) is 8.61. The second kappa shape index (κ2) is 6.75. The largest absolute Gasteiger partial charge is 0.409 e. The van der Waals surface area contributed by atoms with Gasteiger partial charge in [-0.25, -0.2) is 9.97 Å². The summed E-state index contributed by atoms with van der Waals surface area (Å²) in [6.07, 6.45) is 3.66. The van der Waals surface area contributed by atoms with Crippen LogP contribution in [0.3, 0.4) is 0 Å². The van der Waals surface area contributed by atoms with E-state index in [1.54, 1.807) is 6.20 Å². The van der Waals surface area contributed by atoms with Gasteiger partial charge in [-0.1, -0.05) is 5.16 Å². The summed E-state index contributed by atoms with van der Waals surface area (Å²) in [5, 5.41) is 20.6. The Labute approximate surface area is 106 Å². The molecule has 0 saturated carbocycles. The molecular formula is C11H19N5O2. The maximum absolute atomic E-state index is 8.92. The Kier molecular flexibility index (Phi) is 5.31. The van der Waals surface area contributed by atoms with Gasteiger partial charge in [0.25, 0.3) is 0 Å². The first kappa shape index (κ1) is 14.2. The Morgan fingerprint density at radius 2 is 2.11 bits per heavy atom. The molecule has 1 rings (SSSR count). The highest BCUT2D eigenvalue weighted by Gasteiger charge is 2.18. The molecule has 7 heteroatoms. The third-order valence-corrected chi connectivity index (χ3v) is 2.48. The van der Waals surface area contributed by atoms with Gasteiger partial charge in [0.15, 0.2) is 17.3 Å². The number of rotatable bonds is 6. The Morgan fingerprint density at radius 3 is 2.67 bits per heavy atom. The first-order valence-corrected chi connectivity index (χ1v) is 5.78. The number of hydrogen-bond donors (Lipinski definition) is 3. The number of nitrogens with two attached hydrogens (primary N) is 1. The van der Waals surface area contributed by atoms with E-state index in [0.29, 0.717) is 24.5 Å². The van der Waals surface area contributed by atoms with E-state index >= 15 is 0 Å². The third kappa shape index (κ3) is 3.30. The van der Waals surface area contributed by atoms with Crippen molar-refractivity contribution < 1.29 is 10.3 Å². The molecule has 100 valence electrons. The van der Waals surface area contributed by atoms with Gasteiger partial charge < -0.3 is 20.9 Å². The zero-order valence-electron chi connectivity index (χ0n) is 10.6. The number of amidine groups is 1. The maximum atomic E-state index is 8.92. The molecule has 1 aromatic rings. The van der Waals surface area contributed by atoms with Gasteiger partial charge in [0.05, 0.1) is 0 Å². The van der Waals surface area contributed by atoms with Crippen molar-refractivity contribution in [3.05, 3.63) is 18.1 Å². The highest BCUT2D eigenvalue weighted by Crippen LogP contribution is 2.17. The summed E-state index contributed by atoms with van der Waals surface area (Å²) in [6.45, 7) is 4.73. The van der Waals surface area contributed by atoms with Crippen molar-refractivity contribution in [1.82, 2.24) is 9.97 Å². The molecule has 0 fully saturated rings. The average molecular weight is 253 g/mol. The lowest BCUT2D eigenvalue weighted by molar-refractivity contribution is 0.288. The summed E-state index contributed by atoms with van der Waals surface area (Å²) in [7, 11) is 0. The van der Waals surface area contributed by atoms with Gasteiger partial charge in [0, 0.05) is 31.6 Å². The number of oxime groups is 1. The minimum absolute atomic E-state index is 0.0762. The van der Waals surface area contributed by atoms with Crippen LogP contribution in [0.25, 0.3) is 0 Å². The lowest BCUT2D eigenvalue weighted by Crippen LogP contribution is -2.35. The number of nitrogens with zero attached hydrogens (tertiary/aromatic N) is 4. The molecule has 0 aliphatic carbocycles. The molecule has 0 aromatic carbocycles. The SMILES string of the molecule is CC(C)N(CCCO)c1nccnc1/C(N)=N/O. The lowest BCUT2D eigenvalue weighted by Gasteiger charge is -2.28. The number of aromatic nitrogens is 2. The predicted octanol–water partition coefficient (Wildman–Crippen LogP) is 0.168. The molecule has 0 aliphatic heterocycles. The van der Waals surface area contributed by atoms with E-state index in [-0.39, 0.29) is 18.5 Å². The van der Waals surface area contributed by atoms with E-state index in [1.807, 2.05) is 18.7 Å². The summed E-state index contributed by atoms with van der Waals surface area (Å²) < 4.78 is 0. The van der Waals surface area contributed by atoms with Crippen molar-refractivity contribution in [3.63, 3.8) is 0 Å². The molecule has 0 saturated heterocycles. The van der Waals surface area contributed by atoms with Gasteiger partial charge in [0.2, 0.25) is 0 Å². The Bertz CT molecular complexity index is 408. The molecule has 1 heterocycles. The van der Waals surface area contributed by atoms with Crippen LogP contribution in [-0.2, 0) is 0 Å². The second-order valence-electron chi connectivity index (χ2n) is 4.08. The second-order valence-corrected chi connectivity index (χ2v) is 4.08. The van der Waals surface area contributed by atoms with E-state index in [0.717, 1.165) is 0 Å². The van der Waals surface area contributed by atoms with E-state index in [2.05, 4.69) is 15.1 Å². The molecule has 18 heavy (non-hydrogen) atoms. The predicted molar refractivity (Wildman–Crippen MR) is 68.7 cm³/mol. The number of aliphatic hydroxyl groups excluding tert-OH is 1. The van der Waals surface area contributed by atoms with Gasteiger partial charge in [-0.2, -0.15) is 0 Å². The highest BCUT2D eigenvalue weighted by molar-refractivity contribution is 5.99. The van der Waals surface area contributed by atoms with Crippen LogP contribution in [0.2, 0.25) is 0 Å². The standard InChI is InChI=1S/C11H19N5O2/c1-8(2)16(6-3-7-17)11-9(10(12)15-18)13-4-5-14-11/h4-5,8,17-18H,3,6-7H2,1-2H3,(H2,12,15). The summed E-state index contributed by atoms with van der Waals surface area (Å²) in [5.74, 6) is 0.476. The van der Waals surface area contributed by atoms with Crippen molar-refractivity contribution in [2.24, 2.45) is 10.9 Å². The lowest BCUT2D eigenvalue weighted by atomic mass is 10.2. The monoisotopic (exact) mass is 253 g/mol. The molecule has 4 N–H and O–H groups in total. The zero-order chi connectivity index (χ0) is 13.5. The van der Waals surface area contributed by atoms with Gasteiger partial charge in [-0.05, 0) is 20.3 Å². The summed E-state index contributed by atoms with van der Waals surface area (Å²) in [5.41, 5.74) is 5.92. The number of anilines is 1. The first-order valence-electron chi connectivity index (χ1n) is 5.78. The quantitative estimate of drug-likeness (QED) is 0.288. The molecule has 0 spiro atoms. The smallest absolute Gasteiger partial charge is 0.192 e. The van der Waals surface area contributed by atoms with Crippen LogP contribution in [0, 0.1) is 0 Å². The van der Waals surface area contributed by atoms with Crippen molar-refractivity contribution in [2.75, 3.05) is 18.1 Å². The number of aliphatic hydroxyl groups is 1. The molecule has 0 amide bonds. The topological polar surface area (TPSA) is 108 Å². The minimum atomic E-state index is -0.0762. The third-order valence-electron chi connectivity index (χ3n) is 2.48. The Hall–Kier alpha value is -1.89. The van der Waals surface area contributed by atoms with Gasteiger partial charge >= 0.3 is 0 Å². The maximum Gasteiger partial charge on any atom is 0.192 e. The minimum Gasteiger partial charge on any atom is -0.409 e. The summed E-state index contributed by atoms with van der Waals surface area (Å²) in [6, 6.07) is 0.165. The molecule has 0 bridgehead atoms. The number of hydrogen-bond acceptors (Lipinski definition) is 6. The van der Waals surface area contributed by atoms with Crippen molar-refractivity contribution >= 4 is 11.7 Å². The highest BCUT2D eigenvalue weighted by atomic mass is 16.4. The summed E-state index contributed by atoms with van der Waals surface area (Å²) >= 11 is 0. The van der Waals surface area contributed by atoms with E-state index in [4.69, 9.17) is 16.0 Å². The molecule has 1 aromatic heterocycles. The zero-order valence-corrected chi connectivity index (χ0v) is 10.6. The van der Waals surface area contributed by atoms with Crippen LogP contribution in [0.4, 0.5) is 5.82 Å². The van der Waals surface area contributed by atoms with E-state index in [9.17, 15) is 0 Å². The molecule has 0 atom stereocenters. The summed E-state index contributed by atoms with van der Waals surface area (Å²) in [4.78, 5) is 10.3. The van der Waals surface area contributed by atoms with E-state index in [1.165, 1.54) is 6.20 Å². The normalized spacial score (nSPS) is 11.9.